The highest BCUT2D eigenvalue weighted by molar-refractivity contribution is 5.85. The second-order valence-electron chi connectivity index (χ2n) is 13.8. The molecule has 6 aromatic rings. The maximum absolute atomic E-state index is 13.6. The van der Waals surface area contributed by atoms with E-state index in [1.165, 1.54) is 24.3 Å². The van der Waals surface area contributed by atoms with Crippen LogP contribution >= 0.6 is 0 Å². The minimum Gasteiger partial charge on any atom is -0.497 e. The number of benzene rings is 4. The molecule has 0 fully saturated rings. The molecule has 0 unspecified atom stereocenters. The van der Waals surface area contributed by atoms with Crippen LogP contribution in [-0.4, -0.2) is 54.9 Å². The summed E-state index contributed by atoms with van der Waals surface area (Å²) in [4.78, 5) is 38.5. The molecule has 0 spiro atoms. The summed E-state index contributed by atoms with van der Waals surface area (Å²) in [5, 5.41) is 0. The Labute approximate surface area is 312 Å². The Kier molecular flexibility index (Phi) is 10.0. The summed E-state index contributed by atoms with van der Waals surface area (Å²) < 4.78 is 41.1. The Bertz CT molecular complexity index is 2300. The minimum atomic E-state index is -0.765. The molecule has 0 bridgehead atoms. The summed E-state index contributed by atoms with van der Waals surface area (Å²) in [6.07, 6.45) is 3.65. The average molecular weight is 731 g/mol. The lowest BCUT2D eigenvalue weighted by molar-refractivity contribution is -0.143. The van der Waals surface area contributed by atoms with Gasteiger partial charge in [-0.25, -0.2) is 18.7 Å². The molecule has 0 saturated carbocycles. The normalized spacial score (nSPS) is 14.6. The fourth-order valence-corrected chi connectivity index (χ4v) is 6.72. The molecule has 0 saturated heterocycles. The number of rotatable bonds is 8. The standard InChI is InChI=1S/C22H22FN3O2.C20H18FN3O2/c1-22(2)21(27)25(12-15-7-9-18(28-3)10-8-15)14-20-24-19(13-26(20)22)16-5-4-6-17(23)11-16;1-26-17-7-5-14(6-8-17)10-24-12-19-22-18(11-23(19)13-20(24)25)15-3-2-4-16(21)9-15/h4-11,13H,12,14H2,1-3H3;2-9,11H,10,12-13H2,1H3. The molecule has 0 aliphatic carbocycles. The average Bonchev–Trinajstić information content (AvgIpc) is 3.80. The van der Waals surface area contributed by atoms with Crippen LogP contribution in [0.15, 0.2) is 109 Å². The lowest BCUT2D eigenvalue weighted by atomic mass is 9.99. The number of fused-ring (bicyclic) bond motifs is 2. The number of halogens is 2. The maximum Gasteiger partial charge on any atom is 0.248 e. The second-order valence-corrected chi connectivity index (χ2v) is 13.8. The molecule has 54 heavy (non-hydrogen) atoms. The van der Waals surface area contributed by atoms with E-state index in [0.29, 0.717) is 48.7 Å². The van der Waals surface area contributed by atoms with Gasteiger partial charge in [-0.1, -0.05) is 48.5 Å². The number of aromatic nitrogens is 4. The predicted molar refractivity (Wildman–Crippen MR) is 199 cm³/mol. The molecule has 8 rings (SSSR count). The third-order valence-corrected chi connectivity index (χ3v) is 9.68. The Morgan fingerprint density at radius 2 is 1.15 bits per heavy atom. The van der Waals surface area contributed by atoms with Crippen molar-refractivity contribution in [3.63, 3.8) is 0 Å². The summed E-state index contributed by atoms with van der Waals surface area (Å²) in [7, 11) is 3.25. The molecular weight excluding hydrogens is 690 g/mol. The van der Waals surface area contributed by atoms with Crippen LogP contribution in [0.25, 0.3) is 22.5 Å². The number of nitrogens with zero attached hydrogens (tertiary/aromatic N) is 6. The Balaban J connectivity index is 0.000000167. The van der Waals surface area contributed by atoms with E-state index in [1.807, 2.05) is 96.0 Å². The van der Waals surface area contributed by atoms with Gasteiger partial charge in [0.05, 0.1) is 38.7 Å². The Hall–Kier alpha value is -6.30. The van der Waals surface area contributed by atoms with E-state index in [1.54, 1.807) is 36.2 Å². The van der Waals surface area contributed by atoms with Crippen molar-refractivity contribution in [3.05, 3.63) is 144 Å². The first-order valence-corrected chi connectivity index (χ1v) is 17.5. The van der Waals surface area contributed by atoms with Crippen LogP contribution in [-0.2, 0) is 47.9 Å². The van der Waals surface area contributed by atoms with Crippen LogP contribution in [0.1, 0.15) is 36.6 Å². The Morgan fingerprint density at radius 1 is 0.648 bits per heavy atom. The van der Waals surface area contributed by atoms with Crippen molar-refractivity contribution in [1.82, 2.24) is 28.9 Å². The number of ether oxygens (including phenoxy) is 2. The van der Waals surface area contributed by atoms with E-state index in [2.05, 4.69) is 4.98 Å². The van der Waals surface area contributed by atoms with Crippen molar-refractivity contribution in [2.45, 2.75) is 52.1 Å². The van der Waals surface area contributed by atoms with E-state index in [-0.39, 0.29) is 30.0 Å². The van der Waals surface area contributed by atoms with Gasteiger partial charge in [-0.3, -0.25) is 9.59 Å². The number of imidazole rings is 2. The number of hydrogen-bond acceptors (Lipinski definition) is 6. The topological polar surface area (TPSA) is 94.7 Å². The van der Waals surface area contributed by atoms with Gasteiger partial charge < -0.3 is 28.4 Å². The van der Waals surface area contributed by atoms with E-state index < -0.39 is 5.54 Å². The fraction of sp³-hybridized carbons (Fsp3) is 0.238. The first kappa shape index (κ1) is 36.1. The third-order valence-electron chi connectivity index (χ3n) is 9.68. The quantitative estimate of drug-likeness (QED) is 0.164. The van der Waals surface area contributed by atoms with Crippen LogP contribution in [0.5, 0.6) is 11.5 Å². The summed E-state index contributed by atoms with van der Waals surface area (Å²) in [6, 6.07) is 28.0. The molecule has 2 aliphatic heterocycles. The van der Waals surface area contributed by atoms with E-state index in [9.17, 15) is 18.4 Å². The number of carbonyl (C=O) groups excluding carboxylic acids is 2. The highest BCUT2D eigenvalue weighted by Crippen LogP contribution is 2.32. The van der Waals surface area contributed by atoms with Gasteiger partial charge in [-0.2, -0.15) is 0 Å². The minimum absolute atomic E-state index is 0.0269. The molecule has 4 heterocycles. The third kappa shape index (κ3) is 7.59. The van der Waals surface area contributed by atoms with Gasteiger partial charge in [-0.15, -0.1) is 0 Å². The highest BCUT2D eigenvalue weighted by Gasteiger charge is 2.40. The summed E-state index contributed by atoms with van der Waals surface area (Å²) >= 11 is 0. The summed E-state index contributed by atoms with van der Waals surface area (Å²) in [6.45, 7) is 5.86. The van der Waals surface area contributed by atoms with Crippen LogP contribution < -0.4 is 9.47 Å². The molecule has 2 aliphatic rings. The Morgan fingerprint density at radius 3 is 1.69 bits per heavy atom. The first-order chi connectivity index (χ1) is 26.0. The van der Waals surface area contributed by atoms with Crippen LogP contribution in [0.4, 0.5) is 8.78 Å². The van der Waals surface area contributed by atoms with Gasteiger partial charge in [-0.05, 0) is 73.5 Å². The molecule has 4 aromatic carbocycles. The van der Waals surface area contributed by atoms with Crippen molar-refractivity contribution in [2.75, 3.05) is 14.2 Å². The van der Waals surface area contributed by atoms with Gasteiger partial charge in [0.2, 0.25) is 11.8 Å². The largest absolute Gasteiger partial charge is 0.497 e. The molecule has 12 heteroatoms. The van der Waals surface area contributed by atoms with Crippen LogP contribution in [0.2, 0.25) is 0 Å². The number of carbonyl (C=O) groups is 2. The summed E-state index contributed by atoms with van der Waals surface area (Å²) in [5.41, 5.74) is 4.05. The van der Waals surface area contributed by atoms with Crippen molar-refractivity contribution in [2.24, 2.45) is 0 Å². The number of methoxy groups -OCH3 is 2. The monoisotopic (exact) mass is 730 g/mol. The summed E-state index contributed by atoms with van der Waals surface area (Å²) in [5.74, 6) is 2.62. The van der Waals surface area contributed by atoms with Gasteiger partial charge in [0.25, 0.3) is 0 Å². The molecule has 0 radical (unpaired) electrons. The molecule has 10 nitrogen and oxygen atoms in total. The molecule has 276 valence electrons. The van der Waals surface area contributed by atoms with Gasteiger partial charge in [0.1, 0.15) is 46.9 Å². The zero-order chi connectivity index (χ0) is 38.0. The van der Waals surface area contributed by atoms with E-state index in [0.717, 1.165) is 34.3 Å². The zero-order valence-corrected chi connectivity index (χ0v) is 30.5. The van der Waals surface area contributed by atoms with Crippen LogP contribution in [0, 0.1) is 11.6 Å². The smallest absolute Gasteiger partial charge is 0.248 e. The van der Waals surface area contributed by atoms with E-state index >= 15 is 0 Å². The van der Waals surface area contributed by atoms with Crippen molar-refractivity contribution < 1.29 is 27.8 Å². The van der Waals surface area contributed by atoms with Gasteiger partial charge >= 0.3 is 0 Å². The number of amides is 2. The SMILES string of the molecule is COc1ccc(CN2Cc3nc(-c4cccc(F)c4)cn3C(C)(C)C2=O)cc1.COc1ccc(CN2Cc3nc(-c4cccc(F)c4)cn3CC2=O)cc1. The molecule has 0 N–H and O–H groups in total. The fourth-order valence-electron chi connectivity index (χ4n) is 6.72. The second kappa shape index (κ2) is 15.0. The van der Waals surface area contributed by atoms with Gasteiger partial charge in [0, 0.05) is 36.6 Å². The van der Waals surface area contributed by atoms with Crippen LogP contribution in [0.3, 0.4) is 0 Å². The maximum atomic E-state index is 13.6. The lowest BCUT2D eigenvalue weighted by Gasteiger charge is -2.38. The van der Waals surface area contributed by atoms with Crippen molar-refractivity contribution >= 4 is 11.8 Å². The molecular formula is C42H40F2N6O4. The first-order valence-electron chi connectivity index (χ1n) is 17.5. The molecule has 2 amide bonds. The zero-order valence-electron chi connectivity index (χ0n) is 30.5. The number of hydrogen-bond donors (Lipinski definition) is 0. The van der Waals surface area contributed by atoms with E-state index in [4.69, 9.17) is 14.5 Å². The highest BCUT2D eigenvalue weighted by atomic mass is 19.1. The van der Waals surface area contributed by atoms with Crippen molar-refractivity contribution in [3.8, 4) is 34.0 Å². The molecule has 2 aromatic heterocycles. The molecule has 0 atom stereocenters. The van der Waals surface area contributed by atoms with Crippen molar-refractivity contribution in [1.29, 1.82) is 0 Å². The van der Waals surface area contributed by atoms with Gasteiger partial charge in [0.15, 0.2) is 0 Å². The predicted octanol–water partition coefficient (Wildman–Crippen LogP) is 7.22. The lowest BCUT2D eigenvalue weighted by Crippen LogP contribution is -2.51.